The van der Waals surface area contributed by atoms with Gasteiger partial charge in [-0.1, -0.05) is 18.2 Å². The molecule has 0 fully saturated rings. The molecule has 1 atom stereocenters. The number of hydrogen-bond acceptors (Lipinski definition) is 2. The molecule has 1 aromatic rings. The third-order valence-corrected chi connectivity index (χ3v) is 2.25. The number of carbonyl (C=O) groups excluding carboxylic acids is 1. The van der Waals surface area contributed by atoms with E-state index in [0.29, 0.717) is 5.56 Å². The minimum absolute atomic E-state index is 0.0824. The van der Waals surface area contributed by atoms with E-state index in [4.69, 9.17) is 11.2 Å². The number of hydrogen-bond donors (Lipinski definition) is 0. The van der Waals surface area contributed by atoms with Crippen LogP contribution in [0.3, 0.4) is 0 Å². The molecule has 0 N–H and O–H groups in total. The first-order chi connectivity index (χ1) is 7.74. The average molecular weight is 216 g/mol. The summed E-state index contributed by atoms with van der Waals surface area (Å²) < 4.78 is 5.28. The minimum Gasteiger partial charge on any atom is -0.459 e. The molecule has 84 valence electrons. The van der Waals surface area contributed by atoms with Crippen molar-refractivity contribution in [1.29, 1.82) is 0 Å². The molecule has 2 heteroatoms. The fraction of sp³-hybridized carbons (Fsp3) is 0.357. The van der Waals surface area contributed by atoms with Crippen LogP contribution in [0.15, 0.2) is 30.3 Å². The van der Waals surface area contributed by atoms with E-state index in [2.05, 4.69) is 5.92 Å². The highest BCUT2D eigenvalue weighted by molar-refractivity contribution is 5.89. The number of terminal acetylenes is 1. The Morgan fingerprint density at radius 3 is 2.75 bits per heavy atom. The van der Waals surface area contributed by atoms with Gasteiger partial charge in [-0.2, -0.15) is 0 Å². The first kappa shape index (κ1) is 12.3. The lowest BCUT2D eigenvalue weighted by molar-refractivity contribution is 0.0321. The van der Waals surface area contributed by atoms with Crippen molar-refractivity contribution in [2.75, 3.05) is 0 Å². The zero-order valence-electron chi connectivity index (χ0n) is 9.48. The molecule has 0 aliphatic heterocycles. The zero-order valence-corrected chi connectivity index (χ0v) is 9.48. The van der Waals surface area contributed by atoms with Crippen LogP contribution in [0, 0.1) is 12.3 Å². The van der Waals surface area contributed by atoms with Crippen LogP contribution >= 0.6 is 0 Å². The van der Waals surface area contributed by atoms with Gasteiger partial charge in [-0.25, -0.2) is 4.79 Å². The van der Waals surface area contributed by atoms with Gasteiger partial charge in [0.1, 0.15) is 0 Å². The van der Waals surface area contributed by atoms with Crippen LogP contribution in [0.4, 0.5) is 0 Å². The van der Waals surface area contributed by atoms with Crippen LogP contribution in [0.5, 0.6) is 0 Å². The van der Waals surface area contributed by atoms with Crippen LogP contribution in [0.25, 0.3) is 0 Å². The van der Waals surface area contributed by atoms with Crippen molar-refractivity contribution < 1.29 is 9.53 Å². The van der Waals surface area contributed by atoms with Crippen LogP contribution in [-0.2, 0) is 4.74 Å². The molecule has 0 heterocycles. The van der Waals surface area contributed by atoms with E-state index >= 15 is 0 Å². The van der Waals surface area contributed by atoms with Gasteiger partial charge in [0.2, 0.25) is 0 Å². The Morgan fingerprint density at radius 1 is 1.44 bits per heavy atom. The minimum atomic E-state index is -0.270. The molecule has 2 nitrogen and oxygen atoms in total. The monoisotopic (exact) mass is 216 g/mol. The second-order valence-electron chi connectivity index (χ2n) is 3.68. The van der Waals surface area contributed by atoms with Gasteiger partial charge in [0.05, 0.1) is 11.7 Å². The first-order valence-corrected chi connectivity index (χ1v) is 5.43. The lowest BCUT2D eigenvalue weighted by atomic mass is 10.2. The highest BCUT2D eigenvalue weighted by atomic mass is 16.5. The molecule has 0 aliphatic carbocycles. The first-order valence-electron chi connectivity index (χ1n) is 5.43. The molecule has 0 saturated heterocycles. The fourth-order valence-corrected chi connectivity index (χ4v) is 1.38. The molecule has 0 aliphatic rings. The van der Waals surface area contributed by atoms with Gasteiger partial charge in [-0.15, -0.1) is 12.3 Å². The van der Waals surface area contributed by atoms with E-state index in [0.717, 1.165) is 19.3 Å². The summed E-state index contributed by atoms with van der Waals surface area (Å²) in [4.78, 5) is 11.6. The van der Waals surface area contributed by atoms with Gasteiger partial charge >= 0.3 is 5.97 Å². The van der Waals surface area contributed by atoms with Crippen molar-refractivity contribution in [3.63, 3.8) is 0 Å². The highest BCUT2D eigenvalue weighted by Crippen LogP contribution is 2.08. The lowest BCUT2D eigenvalue weighted by Gasteiger charge is -2.12. The molecule has 0 saturated carbocycles. The molecular weight excluding hydrogens is 200 g/mol. The van der Waals surface area contributed by atoms with E-state index in [1.807, 2.05) is 25.1 Å². The van der Waals surface area contributed by atoms with Crippen molar-refractivity contribution in [2.45, 2.75) is 32.3 Å². The summed E-state index contributed by atoms with van der Waals surface area (Å²) in [7, 11) is 0. The maximum absolute atomic E-state index is 11.6. The smallest absolute Gasteiger partial charge is 0.338 e. The number of ether oxygens (including phenoxy) is 1. The third-order valence-electron chi connectivity index (χ3n) is 2.25. The van der Waals surface area contributed by atoms with Gasteiger partial charge < -0.3 is 4.74 Å². The van der Waals surface area contributed by atoms with Crippen molar-refractivity contribution >= 4 is 5.97 Å². The molecular formula is C14H16O2. The van der Waals surface area contributed by atoms with Crippen LogP contribution in [-0.4, -0.2) is 12.1 Å². The van der Waals surface area contributed by atoms with E-state index in [1.54, 1.807) is 12.1 Å². The summed E-state index contributed by atoms with van der Waals surface area (Å²) >= 11 is 0. The maximum Gasteiger partial charge on any atom is 0.338 e. The Labute approximate surface area is 96.6 Å². The van der Waals surface area contributed by atoms with Gasteiger partial charge in [0.25, 0.3) is 0 Å². The normalized spacial score (nSPS) is 11.5. The highest BCUT2D eigenvalue weighted by Gasteiger charge is 2.10. The maximum atomic E-state index is 11.6. The van der Waals surface area contributed by atoms with Gasteiger partial charge in [0, 0.05) is 6.42 Å². The Morgan fingerprint density at radius 2 is 2.12 bits per heavy atom. The van der Waals surface area contributed by atoms with E-state index in [9.17, 15) is 4.79 Å². The summed E-state index contributed by atoms with van der Waals surface area (Å²) in [5.74, 6) is 2.30. The van der Waals surface area contributed by atoms with Crippen molar-refractivity contribution in [3.05, 3.63) is 35.9 Å². The van der Waals surface area contributed by atoms with Gasteiger partial charge in [0.15, 0.2) is 0 Å². The molecule has 1 rings (SSSR count). The number of unbranched alkanes of at least 4 members (excludes halogenated alkanes) is 1. The van der Waals surface area contributed by atoms with Crippen LogP contribution in [0.2, 0.25) is 0 Å². The predicted molar refractivity (Wildman–Crippen MR) is 64.0 cm³/mol. The SMILES string of the molecule is C#CCCCC(C)OC(=O)c1ccccc1. The Kier molecular flexibility index (Phi) is 5.15. The second-order valence-corrected chi connectivity index (χ2v) is 3.68. The van der Waals surface area contributed by atoms with E-state index in [1.165, 1.54) is 0 Å². The van der Waals surface area contributed by atoms with Gasteiger partial charge in [-0.05, 0) is 31.9 Å². The molecule has 16 heavy (non-hydrogen) atoms. The Bertz CT molecular complexity index is 362. The second kappa shape index (κ2) is 6.68. The topological polar surface area (TPSA) is 26.3 Å². The summed E-state index contributed by atoms with van der Waals surface area (Å²) in [6.45, 7) is 1.89. The fourth-order valence-electron chi connectivity index (χ4n) is 1.38. The summed E-state index contributed by atoms with van der Waals surface area (Å²) in [6, 6.07) is 9.00. The van der Waals surface area contributed by atoms with Crippen molar-refractivity contribution in [1.82, 2.24) is 0 Å². The van der Waals surface area contributed by atoms with Crippen molar-refractivity contribution in [2.24, 2.45) is 0 Å². The standard InChI is InChI=1S/C14H16O2/c1-3-4-6-9-12(2)16-14(15)13-10-7-5-8-11-13/h1,5,7-8,10-12H,4,6,9H2,2H3. The quantitative estimate of drug-likeness (QED) is 0.429. The molecule has 0 aromatic heterocycles. The Hall–Kier alpha value is -1.75. The Balaban J connectivity index is 2.37. The largest absolute Gasteiger partial charge is 0.459 e. The van der Waals surface area contributed by atoms with Gasteiger partial charge in [-0.3, -0.25) is 0 Å². The average Bonchev–Trinajstić information content (AvgIpc) is 2.30. The number of esters is 1. The van der Waals surface area contributed by atoms with E-state index < -0.39 is 0 Å². The molecule has 1 aromatic carbocycles. The predicted octanol–water partition coefficient (Wildman–Crippen LogP) is 3.04. The summed E-state index contributed by atoms with van der Waals surface area (Å²) in [6.07, 6.45) is 7.49. The van der Waals surface area contributed by atoms with Crippen molar-refractivity contribution in [3.8, 4) is 12.3 Å². The number of rotatable bonds is 5. The lowest BCUT2D eigenvalue weighted by Crippen LogP contribution is -2.14. The molecule has 0 spiro atoms. The molecule has 0 amide bonds. The van der Waals surface area contributed by atoms with E-state index in [-0.39, 0.29) is 12.1 Å². The van der Waals surface area contributed by atoms with Crippen LogP contribution < -0.4 is 0 Å². The molecule has 0 bridgehead atoms. The number of benzene rings is 1. The number of carbonyl (C=O) groups is 1. The molecule has 0 radical (unpaired) electrons. The molecule has 1 unspecified atom stereocenters. The third kappa shape index (κ3) is 4.18. The summed E-state index contributed by atoms with van der Waals surface area (Å²) in [5, 5.41) is 0. The van der Waals surface area contributed by atoms with Crippen LogP contribution in [0.1, 0.15) is 36.5 Å². The summed E-state index contributed by atoms with van der Waals surface area (Å²) in [5.41, 5.74) is 0.589. The zero-order chi connectivity index (χ0) is 11.8.